The summed E-state index contributed by atoms with van der Waals surface area (Å²) in [6, 6.07) is 23.8. The number of nitrogens with one attached hydrogen (secondary N) is 2. The molecule has 0 saturated carbocycles. The number of anilines is 2. The summed E-state index contributed by atoms with van der Waals surface area (Å²) in [5.74, 6) is 0.491. The third-order valence-corrected chi connectivity index (χ3v) is 6.93. The van der Waals surface area contributed by atoms with Gasteiger partial charge in [-0.3, -0.25) is 9.78 Å². The molecule has 2 atom stereocenters. The summed E-state index contributed by atoms with van der Waals surface area (Å²) >= 11 is 5.90. The van der Waals surface area contributed by atoms with Crippen molar-refractivity contribution in [2.75, 3.05) is 17.3 Å². The summed E-state index contributed by atoms with van der Waals surface area (Å²) in [5.41, 5.74) is 5.72. The van der Waals surface area contributed by atoms with Crippen LogP contribution in [0.15, 0.2) is 85.2 Å². The minimum Gasteiger partial charge on any atom is -0.494 e. The van der Waals surface area contributed by atoms with E-state index in [0.29, 0.717) is 23.0 Å². The van der Waals surface area contributed by atoms with E-state index in [1.807, 2.05) is 55.5 Å². The lowest BCUT2D eigenvalue weighted by molar-refractivity contribution is -0.115. The van der Waals surface area contributed by atoms with Crippen molar-refractivity contribution < 1.29 is 9.53 Å². The molecule has 0 bridgehead atoms. The van der Waals surface area contributed by atoms with Gasteiger partial charge in [-0.1, -0.05) is 31.2 Å². The number of pyridine rings is 1. The Morgan fingerprint density at radius 1 is 1.11 bits per heavy atom. The van der Waals surface area contributed by atoms with E-state index in [4.69, 9.17) is 17.0 Å². The van der Waals surface area contributed by atoms with E-state index < -0.39 is 0 Å². The first-order valence-corrected chi connectivity index (χ1v) is 12.6. The number of nitrogens with zero attached hydrogens (tertiary/aromatic N) is 3. The van der Waals surface area contributed by atoms with Gasteiger partial charge >= 0.3 is 0 Å². The maximum Gasteiger partial charge on any atom is 0.224 e. The van der Waals surface area contributed by atoms with E-state index in [9.17, 15) is 4.79 Å². The van der Waals surface area contributed by atoms with E-state index in [2.05, 4.69) is 62.5 Å². The van der Waals surface area contributed by atoms with E-state index in [0.717, 1.165) is 22.8 Å². The topological polar surface area (TPSA) is 71.4 Å². The van der Waals surface area contributed by atoms with Crippen molar-refractivity contribution in [2.45, 2.75) is 32.4 Å². The number of thiocarbonyl (C=S) groups is 1. The summed E-state index contributed by atoms with van der Waals surface area (Å²) < 4.78 is 7.86. The van der Waals surface area contributed by atoms with Crippen LogP contribution in [-0.4, -0.2) is 27.7 Å². The minimum absolute atomic E-state index is 0.0754. The van der Waals surface area contributed by atoms with Gasteiger partial charge in [0.15, 0.2) is 5.11 Å². The Morgan fingerprint density at radius 3 is 2.65 bits per heavy atom. The molecule has 0 unspecified atom stereocenters. The number of amides is 1. The Labute approximate surface area is 222 Å². The number of aryl methyl sites for hydroxylation is 1. The fraction of sp³-hybridized carbons (Fsp3) is 0.207. The van der Waals surface area contributed by atoms with Crippen LogP contribution in [0.2, 0.25) is 0 Å². The second-order valence-electron chi connectivity index (χ2n) is 8.87. The number of aromatic nitrogens is 2. The van der Waals surface area contributed by atoms with E-state index in [-0.39, 0.29) is 18.0 Å². The molecule has 1 aliphatic rings. The zero-order chi connectivity index (χ0) is 25.9. The van der Waals surface area contributed by atoms with Gasteiger partial charge < -0.3 is 24.8 Å². The van der Waals surface area contributed by atoms with Gasteiger partial charge in [0.2, 0.25) is 5.91 Å². The minimum atomic E-state index is -0.196. The van der Waals surface area contributed by atoms with Crippen LogP contribution in [0.4, 0.5) is 11.4 Å². The highest BCUT2D eigenvalue weighted by Crippen LogP contribution is 2.44. The Kier molecular flexibility index (Phi) is 6.92. The van der Waals surface area contributed by atoms with Crippen LogP contribution in [-0.2, 0) is 4.79 Å². The third-order valence-electron chi connectivity index (χ3n) is 6.61. The number of hydrogen-bond donors (Lipinski definition) is 2. The van der Waals surface area contributed by atoms with Crippen molar-refractivity contribution in [2.24, 2.45) is 0 Å². The Morgan fingerprint density at radius 2 is 1.92 bits per heavy atom. The number of benzene rings is 2. The van der Waals surface area contributed by atoms with Crippen LogP contribution in [0.3, 0.4) is 0 Å². The quantitative estimate of drug-likeness (QED) is 0.310. The first-order chi connectivity index (χ1) is 18.0. The molecule has 4 aromatic rings. The molecule has 8 heteroatoms. The van der Waals surface area contributed by atoms with Crippen molar-refractivity contribution >= 4 is 34.6 Å². The van der Waals surface area contributed by atoms with Gasteiger partial charge in [-0.2, -0.15) is 0 Å². The van der Waals surface area contributed by atoms with Gasteiger partial charge in [-0.15, -0.1) is 0 Å². The molecule has 0 spiro atoms. The monoisotopic (exact) mass is 511 g/mol. The number of carbonyl (C=O) groups is 1. The second kappa shape index (κ2) is 10.4. The van der Waals surface area contributed by atoms with Crippen LogP contribution in [0.5, 0.6) is 5.75 Å². The number of rotatable bonds is 7. The van der Waals surface area contributed by atoms with E-state index in [1.54, 1.807) is 13.3 Å². The molecule has 1 saturated heterocycles. The zero-order valence-electron chi connectivity index (χ0n) is 21.0. The Bertz CT molecular complexity index is 1440. The average molecular weight is 512 g/mol. The molecule has 0 aliphatic carbocycles. The number of ether oxygens (including phenoxy) is 1. The van der Waals surface area contributed by atoms with Gasteiger partial charge in [-0.25, -0.2) is 0 Å². The normalized spacial score (nSPS) is 16.9. The van der Waals surface area contributed by atoms with Crippen molar-refractivity contribution in [3.8, 4) is 11.4 Å². The molecule has 1 aliphatic heterocycles. The van der Waals surface area contributed by atoms with Crippen LogP contribution >= 0.6 is 12.2 Å². The fourth-order valence-electron chi connectivity index (χ4n) is 4.79. The third kappa shape index (κ3) is 4.68. The van der Waals surface area contributed by atoms with Crippen molar-refractivity contribution in [3.63, 3.8) is 0 Å². The Balaban J connectivity index is 1.64. The summed E-state index contributed by atoms with van der Waals surface area (Å²) in [5, 5.41) is 7.01. The zero-order valence-corrected chi connectivity index (χ0v) is 21.8. The summed E-state index contributed by atoms with van der Waals surface area (Å²) in [4.78, 5) is 18.8. The molecule has 7 nitrogen and oxygen atoms in total. The molecule has 5 rings (SSSR count). The lowest BCUT2D eigenvalue weighted by Crippen LogP contribution is -2.30. The predicted molar refractivity (Wildman–Crippen MR) is 150 cm³/mol. The summed E-state index contributed by atoms with van der Waals surface area (Å²) in [6.07, 6.45) is 4.26. The molecule has 2 aromatic carbocycles. The van der Waals surface area contributed by atoms with Crippen LogP contribution in [0.1, 0.15) is 42.4 Å². The molecule has 0 radical (unpaired) electrons. The molecule has 2 aromatic heterocycles. The summed E-state index contributed by atoms with van der Waals surface area (Å²) in [6.45, 7) is 3.93. The van der Waals surface area contributed by atoms with Gasteiger partial charge in [0.1, 0.15) is 11.8 Å². The maximum absolute atomic E-state index is 12.0. The molecule has 1 amide bonds. The standard InChI is InChI=1S/C29H29N5O2S/c1-4-26(35)31-21-15-14-20(18-25(21)36-3)34-28(27(32-29(34)37)22-11-7-8-16-30-22)24-13-9-17-33(24)23-12-6-5-10-19(23)2/h5-18,27-28H,4H2,1-3H3,(H,31,35)(H,32,37)/t27-,28-/m1/s1. The van der Waals surface area contributed by atoms with Crippen LogP contribution < -0.4 is 20.3 Å². The lowest BCUT2D eigenvalue weighted by Gasteiger charge is -2.29. The number of methoxy groups -OCH3 is 1. The predicted octanol–water partition coefficient (Wildman–Crippen LogP) is 5.71. The van der Waals surface area contributed by atoms with Gasteiger partial charge in [0.05, 0.1) is 24.5 Å². The van der Waals surface area contributed by atoms with Gasteiger partial charge in [0, 0.05) is 41.9 Å². The highest BCUT2D eigenvalue weighted by Gasteiger charge is 2.42. The number of hydrogen-bond acceptors (Lipinski definition) is 4. The van der Waals surface area contributed by atoms with Gasteiger partial charge in [0.25, 0.3) is 0 Å². The van der Waals surface area contributed by atoms with E-state index >= 15 is 0 Å². The fourth-order valence-corrected chi connectivity index (χ4v) is 5.14. The van der Waals surface area contributed by atoms with Crippen LogP contribution in [0, 0.1) is 6.92 Å². The molecule has 37 heavy (non-hydrogen) atoms. The average Bonchev–Trinajstić information content (AvgIpc) is 3.53. The second-order valence-corrected chi connectivity index (χ2v) is 9.26. The number of carbonyl (C=O) groups excluding carboxylic acids is 1. The molecule has 1 fully saturated rings. The van der Waals surface area contributed by atoms with E-state index in [1.165, 1.54) is 5.56 Å². The molecular formula is C29H29N5O2S. The molecular weight excluding hydrogens is 482 g/mol. The van der Waals surface area contributed by atoms with Gasteiger partial charge in [-0.05, 0) is 67.2 Å². The first-order valence-electron chi connectivity index (χ1n) is 12.2. The number of para-hydroxylation sites is 1. The maximum atomic E-state index is 12.0. The van der Waals surface area contributed by atoms with Crippen LogP contribution in [0.25, 0.3) is 5.69 Å². The first kappa shape index (κ1) is 24.5. The van der Waals surface area contributed by atoms with Crippen molar-refractivity contribution in [3.05, 3.63) is 102 Å². The molecule has 188 valence electrons. The van der Waals surface area contributed by atoms with Crippen molar-refractivity contribution in [1.29, 1.82) is 0 Å². The molecule has 3 heterocycles. The smallest absolute Gasteiger partial charge is 0.224 e. The Hall–Kier alpha value is -4.17. The molecule has 2 N–H and O–H groups in total. The highest BCUT2D eigenvalue weighted by atomic mass is 32.1. The van der Waals surface area contributed by atoms with Crippen molar-refractivity contribution in [1.82, 2.24) is 14.9 Å². The SMILES string of the molecule is CCC(=O)Nc1ccc(N2C(=S)N[C@H](c3ccccn3)[C@H]2c2cccn2-c2ccccc2C)cc1OC. The highest BCUT2D eigenvalue weighted by molar-refractivity contribution is 7.80. The lowest BCUT2D eigenvalue weighted by atomic mass is 10.0. The largest absolute Gasteiger partial charge is 0.494 e. The summed E-state index contributed by atoms with van der Waals surface area (Å²) in [7, 11) is 1.60.